The molecule has 1 atom stereocenters. The zero-order valence-corrected chi connectivity index (χ0v) is 9.92. The molecule has 1 heterocycles. The lowest BCUT2D eigenvalue weighted by Crippen LogP contribution is -2.25. The van der Waals surface area contributed by atoms with Gasteiger partial charge in [0.2, 0.25) is 0 Å². The van der Waals surface area contributed by atoms with Crippen molar-refractivity contribution in [1.82, 2.24) is 5.32 Å². The average molecular weight is 248 g/mol. The first-order chi connectivity index (χ1) is 6.77. The van der Waals surface area contributed by atoms with Crippen molar-refractivity contribution in [2.45, 2.75) is 11.8 Å². The van der Waals surface area contributed by atoms with Crippen molar-refractivity contribution in [3.05, 3.63) is 33.8 Å². The molecule has 1 aliphatic heterocycles. The summed E-state index contributed by atoms with van der Waals surface area (Å²) in [6.45, 7) is 1.06. The third kappa shape index (κ3) is 2.37. The highest BCUT2D eigenvalue weighted by atomic mass is 35.5. The summed E-state index contributed by atoms with van der Waals surface area (Å²) < 4.78 is 0. The maximum atomic E-state index is 6.12. The van der Waals surface area contributed by atoms with Gasteiger partial charge in [-0.15, -0.1) is 11.8 Å². The number of hydrogen-bond donors (Lipinski definition) is 1. The first kappa shape index (κ1) is 10.6. The molecule has 1 unspecified atom stereocenters. The Morgan fingerprint density at radius 3 is 2.93 bits per heavy atom. The van der Waals surface area contributed by atoms with E-state index in [-0.39, 0.29) is 0 Å². The van der Waals surface area contributed by atoms with Crippen LogP contribution in [0.15, 0.2) is 18.2 Å². The molecule has 76 valence electrons. The largest absolute Gasteiger partial charge is 0.302 e. The minimum Gasteiger partial charge on any atom is -0.302 e. The Morgan fingerprint density at radius 2 is 2.21 bits per heavy atom. The first-order valence-corrected chi connectivity index (χ1v) is 6.38. The fourth-order valence-electron chi connectivity index (χ4n) is 1.48. The van der Waals surface area contributed by atoms with Crippen LogP contribution in [0.5, 0.6) is 0 Å². The van der Waals surface area contributed by atoms with Crippen molar-refractivity contribution >= 4 is 35.0 Å². The van der Waals surface area contributed by atoms with Gasteiger partial charge < -0.3 is 5.32 Å². The van der Waals surface area contributed by atoms with Gasteiger partial charge in [-0.05, 0) is 42.5 Å². The van der Waals surface area contributed by atoms with Crippen LogP contribution >= 0.6 is 35.0 Å². The quantitative estimate of drug-likeness (QED) is 0.812. The van der Waals surface area contributed by atoms with E-state index >= 15 is 0 Å². The van der Waals surface area contributed by atoms with E-state index in [0.717, 1.165) is 22.2 Å². The van der Waals surface area contributed by atoms with Crippen LogP contribution in [0.25, 0.3) is 0 Å². The van der Waals surface area contributed by atoms with Gasteiger partial charge in [-0.25, -0.2) is 0 Å². The van der Waals surface area contributed by atoms with Crippen LogP contribution in [0.3, 0.4) is 0 Å². The van der Waals surface area contributed by atoms with Crippen molar-refractivity contribution in [3.8, 4) is 0 Å². The molecule has 0 radical (unpaired) electrons. The second kappa shape index (κ2) is 4.75. The van der Waals surface area contributed by atoms with Gasteiger partial charge >= 0.3 is 0 Å². The lowest BCUT2D eigenvalue weighted by Gasteiger charge is -2.24. The van der Waals surface area contributed by atoms with E-state index in [9.17, 15) is 0 Å². The second-order valence-electron chi connectivity index (χ2n) is 3.22. The van der Waals surface area contributed by atoms with Crippen molar-refractivity contribution < 1.29 is 0 Å². The minimum absolute atomic E-state index is 0.301. The van der Waals surface area contributed by atoms with E-state index in [1.807, 2.05) is 30.0 Å². The highest BCUT2D eigenvalue weighted by Gasteiger charge is 2.17. The Balaban J connectivity index is 2.24. The standard InChI is InChI=1S/C10H11Cl2NS/c11-7-2-3-9(12)8(6-7)10-13-4-1-5-14-10/h2-3,6,10,13H,1,4-5H2. The summed E-state index contributed by atoms with van der Waals surface area (Å²) in [6.07, 6.45) is 1.22. The number of hydrogen-bond acceptors (Lipinski definition) is 2. The molecule has 1 fully saturated rings. The highest BCUT2D eigenvalue weighted by Crippen LogP contribution is 2.35. The molecule has 0 spiro atoms. The summed E-state index contributed by atoms with van der Waals surface area (Å²) in [5.74, 6) is 1.18. The monoisotopic (exact) mass is 247 g/mol. The van der Waals surface area contributed by atoms with Crippen LogP contribution in [0.1, 0.15) is 17.4 Å². The molecule has 4 heteroatoms. The molecule has 0 bridgehead atoms. The van der Waals surface area contributed by atoms with Crippen LogP contribution in [0, 0.1) is 0 Å². The van der Waals surface area contributed by atoms with Gasteiger partial charge in [-0.2, -0.15) is 0 Å². The van der Waals surface area contributed by atoms with Crippen molar-refractivity contribution in [2.24, 2.45) is 0 Å². The van der Waals surface area contributed by atoms with Crippen LogP contribution in [0.2, 0.25) is 10.0 Å². The predicted molar refractivity (Wildman–Crippen MR) is 64.3 cm³/mol. The minimum atomic E-state index is 0.301. The molecule has 0 amide bonds. The number of nitrogens with one attached hydrogen (secondary N) is 1. The summed E-state index contributed by atoms with van der Waals surface area (Å²) in [5, 5.41) is 5.26. The third-order valence-electron chi connectivity index (χ3n) is 2.18. The first-order valence-electron chi connectivity index (χ1n) is 4.57. The molecule has 1 aromatic carbocycles. The summed E-state index contributed by atoms with van der Waals surface area (Å²) in [7, 11) is 0. The highest BCUT2D eigenvalue weighted by molar-refractivity contribution is 7.99. The molecule has 0 aromatic heterocycles. The Labute approximate surface area is 98.2 Å². The molecule has 0 saturated carbocycles. The van der Waals surface area contributed by atoms with E-state index in [4.69, 9.17) is 23.2 Å². The van der Waals surface area contributed by atoms with Gasteiger partial charge in [-0.1, -0.05) is 23.2 Å². The van der Waals surface area contributed by atoms with Gasteiger partial charge in [0.05, 0.1) is 5.37 Å². The molecule has 1 aromatic rings. The lowest BCUT2D eigenvalue weighted by atomic mass is 10.2. The fourth-order valence-corrected chi connectivity index (χ4v) is 3.11. The molecule has 14 heavy (non-hydrogen) atoms. The molecular formula is C10H11Cl2NS. The number of thioether (sulfide) groups is 1. The van der Waals surface area contributed by atoms with Gasteiger partial charge in [0, 0.05) is 10.0 Å². The zero-order chi connectivity index (χ0) is 9.97. The summed E-state index contributed by atoms with van der Waals surface area (Å²) in [4.78, 5) is 0. The Bertz CT molecular complexity index is 324. The van der Waals surface area contributed by atoms with Gasteiger partial charge in [-0.3, -0.25) is 0 Å². The number of benzene rings is 1. The van der Waals surface area contributed by atoms with Crippen molar-refractivity contribution in [1.29, 1.82) is 0 Å². The second-order valence-corrected chi connectivity index (χ2v) is 5.28. The molecule has 1 saturated heterocycles. The maximum absolute atomic E-state index is 6.12. The predicted octanol–water partition coefficient (Wildman–Crippen LogP) is 3.72. The van der Waals surface area contributed by atoms with E-state index in [2.05, 4.69) is 5.32 Å². The van der Waals surface area contributed by atoms with Crippen LogP contribution in [-0.4, -0.2) is 12.3 Å². The Kier molecular flexibility index (Phi) is 3.61. The molecule has 1 nitrogen and oxygen atoms in total. The number of halogens is 2. The average Bonchev–Trinajstić information content (AvgIpc) is 2.23. The lowest BCUT2D eigenvalue weighted by molar-refractivity contribution is 0.643. The Morgan fingerprint density at radius 1 is 1.36 bits per heavy atom. The third-order valence-corrected chi connectivity index (χ3v) is 4.03. The SMILES string of the molecule is Clc1ccc(Cl)c(C2NCCCS2)c1. The van der Waals surface area contributed by atoms with Crippen LogP contribution in [0.4, 0.5) is 0 Å². The van der Waals surface area contributed by atoms with Crippen molar-refractivity contribution in [3.63, 3.8) is 0 Å². The smallest absolute Gasteiger partial charge is 0.0804 e. The van der Waals surface area contributed by atoms with E-state index < -0.39 is 0 Å². The fraction of sp³-hybridized carbons (Fsp3) is 0.400. The van der Waals surface area contributed by atoms with E-state index in [1.165, 1.54) is 12.2 Å². The summed E-state index contributed by atoms with van der Waals surface area (Å²) in [5.41, 5.74) is 1.10. The molecule has 2 rings (SSSR count). The van der Waals surface area contributed by atoms with Crippen molar-refractivity contribution in [2.75, 3.05) is 12.3 Å². The molecule has 1 aliphatic rings. The maximum Gasteiger partial charge on any atom is 0.0804 e. The zero-order valence-electron chi connectivity index (χ0n) is 7.59. The molecular weight excluding hydrogens is 237 g/mol. The topological polar surface area (TPSA) is 12.0 Å². The van der Waals surface area contributed by atoms with Gasteiger partial charge in [0.15, 0.2) is 0 Å². The number of rotatable bonds is 1. The summed E-state index contributed by atoms with van der Waals surface area (Å²) in [6, 6.07) is 5.62. The molecule has 1 N–H and O–H groups in total. The van der Waals surface area contributed by atoms with Crippen LogP contribution < -0.4 is 5.32 Å². The van der Waals surface area contributed by atoms with E-state index in [0.29, 0.717) is 5.37 Å². The molecule has 0 aliphatic carbocycles. The van der Waals surface area contributed by atoms with Gasteiger partial charge in [0.25, 0.3) is 0 Å². The normalized spacial score (nSPS) is 22.3. The van der Waals surface area contributed by atoms with Gasteiger partial charge in [0.1, 0.15) is 0 Å². The van der Waals surface area contributed by atoms with Crippen LogP contribution in [-0.2, 0) is 0 Å². The van der Waals surface area contributed by atoms with E-state index in [1.54, 1.807) is 0 Å². The summed E-state index contributed by atoms with van der Waals surface area (Å²) >= 11 is 13.9. The Hall–Kier alpha value is 0.110.